The van der Waals surface area contributed by atoms with Crippen molar-refractivity contribution in [3.63, 3.8) is 0 Å². The Morgan fingerprint density at radius 3 is 2.47 bits per heavy atom. The summed E-state index contributed by atoms with van der Waals surface area (Å²) in [7, 11) is 0. The molecule has 1 atom stereocenters. The minimum Gasteiger partial charge on any atom is -0.365 e. The predicted octanol–water partition coefficient (Wildman–Crippen LogP) is 2.70. The van der Waals surface area contributed by atoms with Gasteiger partial charge in [-0.15, -0.1) is 0 Å². The molecule has 1 rings (SSSR count). The van der Waals surface area contributed by atoms with Crippen molar-refractivity contribution in [1.82, 2.24) is 4.98 Å². The molecule has 1 heterocycles. The summed E-state index contributed by atoms with van der Waals surface area (Å²) < 4.78 is 0. The number of hydrogen-bond acceptors (Lipinski definition) is 3. The molecule has 0 spiro atoms. The van der Waals surface area contributed by atoms with Gasteiger partial charge in [-0.2, -0.15) is 0 Å². The molecule has 3 nitrogen and oxygen atoms in total. The quantitative estimate of drug-likeness (QED) is 0.801. The summed E-state index contributed by atoms with van der Waals surface area (Å²) in [4.78, 5) is 4.34. The van der Waals surface area contributed by atoms with Crippen molar-refractivity contribution in [2.75, 3.05) is 5.32 Å². The monoisotopic (exact) mass is 207 g/mol. The zero-order valence-corrected chi connectivity index (χ0v) is 10.0. The van der Waals surface area contributed by atoms with Gasteiger partial charge in [-0.05, 0) is 38.8 Å². The lowest BCUT2D eigenvalue weighted by molar-refractivity contribution is 0.629. The second kappa shape index (κ2) is 4.62. The molecule has 0 aliphatic heterocycles. The molecule has 0 unspecified atom stereocenters. The Hall–Kier alpha value is -1.09. The fraction of sp³-hybridized carbons (Fsp3) is 0.583. The number of aromatic nitrogens is 1. The lowest BCUT2D eigenvalue weighted by Gasteiger charge is -2.21. The van der Waals surface area contributed by atoms with Crippen molar-refractivity contribution in [2.45, 2.75) is 45.7 Å². The molecule has 0 aromatic carbocycles. The number of rotatable bonds is 3. The highest BCUT2D eigenvalue weighted by Gasteiger charge is 2.10. The van der Waals surface area contributed by atoms with Crippen LogP contribution in [0.4, 0.5) is 5.82 Å². The van der Waals surface area contributed by atoms with E-state index < -0.39 is 0 Å². The average Bonchev–Trinajstić information content (AvgIpc) is 2.15. The largest absolute Gasteiger partial charge is 0.365 e. The summed E-state index contributed by atoms with van der Waals surface area (Å²) in [6, 6.07) is 4.12. The standard InChI is InChI=1S/C12H21N3/c1-5-10(13)9-6-7-11(14-8-9)15-12(2,3)4/h6-8,10H,5,13H2,1-4H3,(H,14,15)/t10-/m0/s1. The van der Waals surface area contributed by atoms with Gasteiger partial charge in [0.05, 0.1) is 0 Å². The first kappa shape index (κ1) is 12.0. The van der Waals surface area contributed by atoms with Crippen molar-refractivity contribution in [3.8, 4) is 0 Å². The van der Waals surface area contributed by atoms with Crippen LogP contribution in [0.5, 0.6) is 0 Å². The van der Waals surface area contributed by atoms with E-state index >= 15 is 0 Å². The molecule has 15 heavy (non-hydrogen) atoms. The lowest BCUT2D eigenvalue weighted by Crippen LogP contribution is -2.26. The van der Waals surface area contributed by atoms with Gasteiger partial charge in [0, 0.05) is 17.8 Å². The van der Waals surface area contributed by atoms with Crippen LogP contribution in [-0.2, 0) is 0 Å². The van der Waals surface area contributed by atoms with E-state index in [0.717, 1.165) is 17.8 Å². The Kier molecular flexibility index (Phi) is 3.69. The number of nitrogens with two attached hydrogens (primary N) is 1. The van der Waals surface area contributed by atoms with E-state index in [0.29, 0.717) is 0 Å². The lowest BCUT2D eigenvalue weighted by atomic mass is 10.1. The van der Waals surface area contributed by atoms with Gasteiger partial charge in [0.1, 0.15) is 5.82 Å². The highest BCUT2D eigenvalue weighted by Crippen LogP contribution is 2.16. The van der Waals surface area contributed by atoms with Crippen LogP contribution in [0.15, 0.2) is 18.3 Å². The summed E-state index contributed by atoms with van der Waals surface area (Å²) in [6.45, 7) is 8.41. The van der Waals surface area contributed by atoms with Gasteiger partial charge in [0.2, 0.25) is 0 Å². The second-order valence-corrected chi connectivity index (χ2v) is 4.87. The van der Waals surface area contributed by atoms with Gasteiger partial charge in [-0.3, -0.25) is 0 Å². The normalized spacial score (nSPS) is 13.7. The van der Waals surface area contributed by atoms with E-state index in [2.05, 4.69) is 38.0 Å². The van der Waals surface area contributed by atoms with Crippen LogP contribution >= 0.6 is 0 Å². The topological polar surface area (TPSA) is 50.9 Å². The third kappa shape index (κ3) is 3.88. The molecule has 3 N–H and O–H groups in total. The Morgan fingerprint density at radius 2 is 2.07 bits per heavy atom. The first-order chi connectivity index (χ1) is 6.92. The second-order valence-electron chi connectivity index (χ2n) is 4.87. The van der Waals surface area contributed by atoms with Crippen LogP contribution in [0, 0.1) is 0 Å². The molecule has 3 heteroatoms. The average molecular weight is 207 g/mol. The van der Waals surface area contributed by atoms with Crippen molar-refractivity contribution in [3.05, 3.63) is 23.9 Å². The van der Waals surface area contributed by atoms with Crippen LogP contribution < -0.4 is 11.1 Å². The first-order valence-electron chi connectivity index (χ1n) is 5.42. The summed E-state index contributed by atoms with van der Waals surface area (Å²) in [5, 5.41) is 3.31. The maximum Gasteiger partial charge on any atom is 0.126 e. The molecule has 1 aromatic rings. The van der Waals surface area contributed by atoms with E-state index in [1.54, 1.807) is 0 Å². The van der Waals surface area contributed by atoms with E-state index in [1.807, 2.05) is 18.3 Å². The third-order valence-electron chi connectivity index (χ3n) is 2.16. The van der Waals surface area contributed by atoms with Crippen LogP contribution in [0.1, 0.15) is 45.7 Å². The SMILES string of the molecule is CC[C@H](N)c1ccc(NC(C)(C)C)nc1. The molecule has 0 radical (unpaired) electrons. The van der Waals surface area contributed by atoms with Gasteiger partial charge in [-0.25, -0.2) is 4.98 Å². The summed E-state index contributed by atoms with van der Waals surface area (Å²) in [5.41, 5.74) is 7.05. The Labute approximate surface area is 92.1 Å². The van der Waals surface area contributed by atoms with Gasteiger partial charge in [-0.1, -0.05) is 13.0 Å². The van der Waals surface area contributed by atoms with Gasteiger partial charge >= 0.3 is 0 Å². The van der Waals surface area contributed by atoms with E-state index in [-0.39, 0.29) is 11.6 Å². The molecule has 0 aliphatic carbocycles. The van der Waals surface area contributed by atoms with E-state index in [4.69, 9.17) is 5.73 Å². The fourth-order valence-corrected chi connectivity index (χ4v) is 1.32. The van der Waals surface area contributed by atoms with Crippen molar-refractivity contribution >= 4 is 5.82 Å². The van der Waals surface area contributed by atoms with Crippen molar-refractivity contribution in [1.29, 1.82) is 0 Å². The van der Waals surface area contributed by atoms with E-state index in [1.165, 1.54) is 0 Å². The number of anilines is 1. The zero-order chi connectivity index (χ0) is 11.5. The van der Waals surface area contributed by atoms with E-state index in [9.17, 15) is 0 Å². The molecule has 0 fully saturated rings. The summed E-state index contributed by atoms with van der Waals surface area (Å²) >= 11 is 0. The Bertz CT molecular complexity index is 298. The van der Waals surface area contributed by atoms with Crippen LogP contribution in [0.2, 0.25) is 0 Å². The molecule has 0 amide bonds. The predicted molar refractivity (Wildman–Crippen MR) is 64.8 cm³/mol. The van der Waals surface area contributed by atoms with Crippen LogP contribution in [0.25, 0.3) is 0 Å². The number of pyridine rings is 1. The molecule has 0 bridgehead atoms. The van der Waals surface area contributed by atoms with Gasteiger partial charge in [0.25, 0.3) is 0 Å². The van der Waals surface area contributed by atoms with Gasteiger partial charge in [0.15, 0.2) is 0 Å². The number of hydrogen-bond donors (Lipinski definition) is 2. The summed E-state index contributed by atoms with van der Waals surface area (Å²) in [5.74, 6) is 0.898. The third-order valence-corrected chi connectivity index (χ3v) is 2.16. The zero-order valence-electron chi connectivity index (χ0n) is 10.0. The Balaban J connectivity index is 2.72. The van der Waals surface area contributed by atoms with Crippen LogP contribution in [-0.4, -0.2) is 10.5 Å². The number of nitrogens with one attached hydrogen (secondary N) is 1. The Morgan fingerprint density at radius 1 is 1.40 bits per heavy atom. The fourth-order valence-electron chi connectivity index (χ4n) is 1.32. The summed E-state index contributed by atoms with van der Waals surface area (Å²) in [6.07, 6.45) is 2.79. The maximum absolute atomic E-state index is 5.91. The molecule has 1 aromatic heterocycles. The molecule has 84 valence electrons. The van der Waals surface area contributed by atoms with Gasteiger partial charge < -0.3 is 11.1 Å². The molecule has 0 saturated carbocycles. The molecular formula is C12H21N3. The minimum atomic E-state index is 0.0430. The molecule has 0 aliphatic rings. The maximum atomic E-state index is 5.91. The highest BCUT2D eigenvalue weighted by molar-refractivity contribution is 5.38. The van der Waals surface area contributed by atoms with Crippen molar-refractivity contribution < 1.29 is 0 Å². The highest BCUT2D eigenvalue weighted by atomic mass is 15.0. The number of nitrogens with zero attached hydrogens (tertiary/aromatic N) is 1. The molecular weight excluding hydrogens is 186 g/mol. The first-order valence-corrected chi connectivity index (χ1v) is 5.42. The van der Waals surface area contributed by atoms with Crippen LogP contribution in [0.3, 0.4) is 0 Å². The smallest absolute Gasteiger partial charge is 0.126 e. The van der Waals surface area contributed by atoms with Crippen molar-refractivity contribution in [2.24, 2.45) is 5.73 Å². The molecule has 0 saturated heterocycles. The minimum absolute atomic E-state index is 0.0430.